The lowest BCUT2D eigenvalue weighted by Gasteiger charge is -2.12. The SMILES string of the molecule is O=C(Nc1ccc(-c2cn3c(n2)CCCC3)cc1)C1NCc2[nH]ncc21.O=C(O)C(F)(F)F. The van der Waals surface area contributed by atoms with E-state index in [4.69, 9.17) is 14.9 Å². The van der Waals surface area contributed by atoms with Gasteiger partial charge in [0.05, 0.1) is 17.6 Å². The van der Waals surface area contributed by atoms with Crippen molar-refractivity contribution in [3.63, 3.8) is 0 Å². The van der Waals surface area contributed by atoms with Gasteiger partial charge in [0.1, 0.15) is 11.9 Å². The van der Waals surface area contributed by atoms with Crippen molar-refractivity contribution in [3.8, 4) is 11.3 Å². The Balaban J connectivity index is 0.000000325. The minimum atomic E-state index is -5.08. The molecule has 1 unspecified atom stereocenters. The number of carbonyl (C=O) groups is 2. The molecule has 2 aromatic heterocycles. The standard InChI is InChI=1S/C19H20N6O.C2HF3O2/c26-19(18-14-9-21-24-15(14)10-20-18)22-13-6-4-12(5-7-13)16-11-25-8-2-1-3-17(25)23-16;3-2(4,5)1(6)7/h4-7,9,11,18,20H,1-3,8,10H2,(H,21,24)(H,22,26);(H,6,7). The zero-order chi connectivity index (χ0) is 23.6. The summed E-state index contributed by atoms with van der Waals surface area (Å²) in [4.78, 5) is 26.2. The number of imidazole rings is 1. The number of nitrogens with one attached hydrogen (secondary N) is 3. The Kier molecular flexibility index (Phi) is 6.18. The van der Waals surface area contributed by atoms with Crippen LogP contribution in [0.2, 0.25) is 0 Å². The van der Waals surface area contributed by atoms with Crippen LogP contribution in [0.25, 0.3) is 11.3 Å². The lowest BCUT2D eigenvalue weighted by atomic mass is 10.1. The highest BCUT2D eigenvalue weighted by Crippen LogP contribution is 2.26. The number of carboxylic acid groups (broad SMARTS) is 1. The molecule has 4 heterocycles. The van der Waals surface area contributed by atoms with Crippen LogP contribution in [-0.2, 0) is 29.1 Å². The summed E-state index contributed by atoms with van der Waals surface area (Å²) in [5.74, 6) is -1.66. The highest BCUT2D eigenvalue weighted by molar-refractivity contribution is 5.96. The van der Waals surface area contributed by atoms with Crippen molar-refractivity contribution in [3.05, 3.63) is 53.7 Å². The van der Waals surface area contributed by atoms with Crippen LogP contribution < -0.4 is 10.6 Å². The molecule has 2 aliphatic heterocycles. The summed E-state index contributed by atoms with van der Waals surface area (Å²) in [6.45, 7) is 1.69. The molecule has 12 heteroatoms. The number of benzene rings is 1. The average Bonchev–Trinajstić information content (AvgIpc) is 3.49. The zero-order valence-corrected chi connectivity index (χ0v) is 17.3. The summed E-state index contributed by atoms with van der Waals surface area (Å²) < 4.78 is 34.0. The van der Waals surface area contributed by atoms with Crippen molar-refractivity contribution in [2.45, 2.75) is 44.6 Å². The van der Waals surface area contributed by atoms with E-state index in [1.165, 1.54) is 18.7 Å². The van der Waals surface area contributed by atoms with Crippen LogP contribution in [0.1, 0.15) is 36.0 Å². The molecule has 0 radical (unpaired) electrons. The summed E-state index contributed by atoms with van der Waals surface area (Å²) in [7, 11) is 0. The summed E-state index contributed by atoms with van der Waals surface area (Å²) in [6, 6.07) is 7.52. The minimum absolute atomic E-state index is 0.0737. The van der Waals surface area contributed by atoms with Gasteiger partial charge < -0.3 is 15.0 Å². The molecule has 1 aromatic carbocycles. The number of carbonyl (C=O) groups excluding carboxylic acids is 1. The van der Waals surface area contributed by atoms with Crippen LogP contribution in [0.3, 0.4) is 0 Å². The topological polar surface area (TPSA) is 125 Å². The zero-order valence-electron chi connectivity index (χ0n) is 17.3. The van der Waals surface area contributed by atoms with Gasteiger partial charge in [-0.05, 0) is 25.0 Å². The first kappa shape index (κ1) is 22.5. The van der Waals surface area contributed by atoms with Gasteiger partial charge in [-0.3, -0.25) is 15.2 Å². The maximum atomic E-state index is 12.5. The van der Waals surface area contributed by atoms with Gasteiger partial charge in [-0.1, -0.05) is 12.1 Å². The molecule has 4 N–H and O–H groups in total. The molecule has 0 aliphatic carbocycles. The predicted molar refractivity (Wildman–Crippen MR) is 111 cm³/mol. The molecular formula is C21H21F3N6O3. The molecule has 0 fully saturated rings. The Morgan fingerprint density at radius 3 is 2.58 bits per heavy atom. The maximum absolute atomic E-state index is 12.5. The van der Waals surface area contributed by atoms with Crippen molar-refractivity contribution < 1.29 is 27.9 Å². The van der Waals surface area contributed by atoms with Gasteiger partial charge in [-0.2, -0.15) is 18.3 Å². The van der Waals surface area contributed by atoms with E-state index in [1.807, 2.05) is 24.3 Å². The molecule has 1 atom stereocenters. The van der Waals surface area contributed by atoms with E-state index in [-0.39, 0.29) is 11.9 Å². The largest absolute Gasteiger partial charge is 0.490 e. The molecule has 3 aromatic rings. The Hall–Kier alpha value is -3.67. The van der Waals surface area contributed by atoms with Crippen LogP contribution in [0.5, 0.6) is 0 Å². The molecule has 0 saturated heterocycles. The third-order valence-electron chi connectivity index (χ3n) is 5.41. The number of carboxylic acids is 1. The molecule has 0 bridgehead atoms. The monoisotopic (exact) mass is 462 g/mol. The number of anilines is 1. The van der Waals surface area contributed by atoms with Crippen molar-refractivity contribution in [1.82, 2.24) is 25.1 Å². The number of aliphatic carboxylic acids is 1. The van der Waals surface area contributed by atoms with E-state index in [2.05, 4.69) is 31.6 Å². The Labute approximate surface area is 186 Å². The number of hydrogen-bond acceptors (Lipinski definition) is 5. The number of hydrogen-bond donors (Lipinski definition) is 4. The average molecular weight is 462 g/mol. The van der Waals surface area contributed by atoms with E-state index < -0.39 is 12.1 Å². The fraction of sp³-hybridized carbons (Fsp3) is 0.333. The number of fused-ring (bicyclic) bond motifs is 2. The second-order valence-electron chi connectivity index (χ2n) is 7.68. The molecule has 1 amide bonds. The number of aromatic amines is 1. The first-order valence-corrected chi connectivity index (χ1v) is 10.3. The Morgan fingerprint density at radius 1 is 1.18 bits per heavy atom. The van der Waals surface area contributed by atoms with Gasteiger partial charge in [-0.15, -0.1) is 0 Å². The quantitative estimate of drug-likeness (QED) is 0.474. The summed E-state index contributed by atoms with van der Waals surface area (Å²) in [5, 5.41) is 20.2. The minimum Gasteiger partial charge on any atom is -0.475 e. The first-order valence-electron chi connectivity index (χ1n) is 10.3. The van der Waals surface area contributed by atoms with E-state index >= 15 is 0 Å². The fourth-order valence-electron chi connectivity index (χ4n) is 3.75. The number of halogens is 3. The van der Waals surface area contributed by atoms with Crippen LogP contribution >= 0.6 is 0 Å². The first-order chi connectivity index (χ1) is 15.7. The van der Waals surface area contributed by atoms with E-state index in [9.17, 15) is 18.0 Å². The maximum Gasteiger partial charge on any atom is 0.490 e. The molecule has 2 aliphatic rings. The highest BCUT2D eigenvalue weighted by Gasteiger charge is 2.38. The number of aryl methyl sites for hydroxylation is 2. The second-order valence-corrected chi connectivity index (χ2v) is 7.68. The number of alkyl halides is 3. The van der Waals surface area contributed by atoms with Crippen LogP contribution in [0.15, 0.2) is 36.7 Å². The number of H-pyrrole nitrogens is 1. The normalized spacial score (nSPS) is 16.9. The van der Waals surface area contributed by atoms with Crippen molar-refractivity contribution in [1.29, 1.82) is 0 Å². The molecule has 0 spiro atoms. The van der Waals surface area contributed by atoms with Gasteiger partial charge in [-0.25, -0.2) is 9.78 Å². The van der Waals surface area contributed by atoms with Gasteiger partial charge >= 0.3 is 12.1 Å². The molecule has 174 valence electrons. The van der Waals surface area contributed by atoms with Gasteiger partial charge in [0.2, 0.25) is 5.91 Å². The Bertz CT molecular complexity index is 1130. The lowest BCUT2D eigenvalue weighted by molar-refractivity contribution is -0.192. The van der Waals surface area contributed by atoms with Crippen molar-refractivity contribution >= 4 is 17.6 Å². The number of nitrogens with zero attached hydrogens (tertiary/aromatic N) is 3. The summed E-state index contributed by atoms with van der Waals surface area (Å²) >= 11 is 0. The summed E-state index contributed by atoms with van der Waals surface area (Å²) in [6.07, 6.45) is 2.25. The lowest BCUT2D eigenvalue weighted by Crippen LogP contribution is -2.28. The fourth-order valence-corrected chi connectivity index (χ4v) is 3.75. The van der Waals surface area contributed by atoms with Gasteiger partial charge in [0.25, 0.3) is 0 Å². The number of amides is 1. The predicted octanol–water partition coefficient (Wildman–Crippen LogP) is 3.03. The Morgan fingerprint density at radius 2 is 1.91 bits per heavy atom. The molecular weight excluding hydrogens is 441 g/mol. The molecule has 5 rings (SSSR count). The third-order valence-corrected chi connectivity index (χ3v) is 5.41. The van der Waals surface area contributed by atoms with Gasteiger partial charge in [0, 0.05) is 42.5 Å². The molecule has 9 nitrogen and oxygen atoms in total. The van der Waals surface area contributed by atoms with E-state index in [0.29, 0.717) is 6.54 Å². The van der Waals surface area contributed by atoms with Crippen LogP contribution in [0, 0.1) is 0 Å². The van der Waals surface area contributed by atoms with Gasteiger partial charge in [0.15, 0.2) is 0 Å². The van der Waals surface area contributed by atoms with Crippen molar-refractivity contribution in [2.24, 2.45) is 0 Å². The third kappa shape index (κ3) is 5.06. The number of rotatable bonds is 3. The van der Waals surface area contributed by atoms with Crippen molar-refractivity contribution in [2.75, 3.05) is 5.32 Å². The van der Waals surface area contributed by atoms with E-state index in [1.54, 1.807) is 6.20 Å². The second kappa shape index (κ2) is 9.06. The summed E-state index contributed by atoms with van der Waals surface area (Å²) in [5.41, 5.74) is 4.75. The number of aromatic nitrogens is 4. The van der Waals surface area contributed by atoms with Crippen LogP contribution in [0.4, 0.5) is 18.9 Å². The molecule has 33 heavy (non-hydrogen) atoms. The molecule has 0 saturated carbocycles. The highest BCUT2D eigenvalue weighted by atomic mass is 19.4. The van der Waals surface area contributed by atoms with E-state index in [0.717, 1.165) is 41.2 Å². The van der Waals surface area contributed by atoms with Crippen LogP contribution in [-0.4, -0.2) is 42.9 Å². The smallest absolute Gasteiger partial charge is 0.475 e.